The number of halogens is 1. The van der Waals surface area contributed by atoms with E-state index < -0.39 is 0 Å². The second kappa shape index (κ2) is 4.41. The van der Waals surface area contributed by atoms with E-state index >= 15 is 0 Å². The van der Waals surface area contributed by atoms with Crippen LogP contribution in [0.25, 0.3) is 0 Å². The van der Waals surface area contributed by atoms with Crippen molar-refractivity contribution in [3.05, 3.63) is 35.4 Å². The van der Waals surface area contributed by atoms with Crippen LogP contribution in [-0.2, 0) is 5.41 Å². The van der Waals surface area contributed by atoms with Crippen LogP contribution in [0.4, 0.5) is 0 Å². The van der Waals surface area contributed by atoms with E-state index in [4.69, 9.17) is 11.6 Å². The Balaban J connectivity index is 2.18. The van der Waals surface area contributed by atoms with Crippen molar-refractivity contribution in [2.45, 2.75) is 44.9 Å². The quantitative estimate of drug-likeness (QED) is 0.667. The predicted octanol–water partition coefficient (Wildman–Crippen LogP) is 4.72. The first-order valence-corrected chi connectivity index (χ1v) is 6.72. The van der Waals surface area contributed by atoms with Crippen molar-refractivity contribution in [3.8, 4) is 0 Å². The second-order valence-electron chi connectivity index (χ2n) is 5.97. The summed E-state index contributed by atoms with van der Waals surface area (Å²) in [6.45, 7) is 6.76. The predicted molar refractivity (Wildman–Crippen MR) is 71.3 cm³/mol. The van der Waals surface area contributed by atoms with E-state index in [1.165, 1.54) is 24.0 Å². The average molecular weight is 237 g/mol. The zero-order chi connectivity index (χ0) is 11.8. The van der Waals surface area contributed by atoms with Gasteiger partial charge in [0, 0.05) is 11.8 Å². The first kappa shape index (κ1) is 12.0. The van der Waals surface area contributed by atoms with Crippen LogP contribution in [-0.4, -0.2) is 5.88 Å². The molecule has 1 aliphatic rings. The largest absolute Gasteiger partial charge is 0.126 e. The summed E-state index contributed by atoms with van der Waals surface area (Å²) in [4.78, 5) is 0. The number of benzene rings is 1. The van der Waals surface area contributed by atoms with E-state index in [-0.39, 0.29) is 5.41 Å². The molecule has 1 saturated carbocycles. The van der Waals surface area contributed by atoms with Crippen LogP contribution in [0, 0.1) is 5.92 Å². The van der Waals surface area contributed by atoms with Gasteiger partial charge in [-0.15, -0.1) is 11.6 Å². The van der Waals surface area contributed by atoms with Crippen molar-refractivity contribution in [2.24, 2.45) is 5.92 Å². The van der Waals surface area contributed by atoms with Crippen LogP contribution in [0.3, 0.4) is 0 Å². The van der Waals surface area contributed by atoms with E-state index in [0.29, 0.717) is 5.92 Å². The SMILES string of the molecule is CC(C)(C)c1ccc(C(CCl)C2CC2)cc1. The normalized spacial score (nSPS) is 18.5. The Bertz CT molecular complexity index is 341. The standard InChI is InChI=1S/C15H21Cl/c1-15(2,3)13-8-6-12(7-9-13)14(10-16)11-4-5-11/h6-9,11,14H,4-5,10H2,1-3H3. The minimum Gasteiger partial charge on any atom is -0.126 e. The topological polar surface area (TPSA) is 0 Å². The van der Waals surface area contributed by atoms with E-state index in [0.717, 1.165) is 11.8 Å². The third kappa shape index (κ3) is 2.60. The minimum atomic E-state index is 0.245. The molecule has 0 amide bonds. The lowest BCUT2D eigenvalue weighted by molar-refractivity contribution is 0.588. The van der Waals surface area contributed by atoms with Crippen molar-refractivity contribution >= 4 is 11.6 Å². The fourth-order valence-corrected chi connectivity index (χ4v) is 2.65. The Morgan fingerprint density at radius 3 is 2.12 bits per heavy atom. The maximum absolute atomic E-state index is 6.07. The maximum atomic E-state index is 6.07. The molecule has 0 aromatic heterocycles. The van der Waals surface area contributed by atoms with Gasteiger partial charge in [0.25, 0.3) is 0 Å². The van der Waals surface area contributed by atoms with Crippen LogP contribution in [0.1, 0.15) is 50.7 Å². The summed E-state index contributed by atoms with van der Waals surface area (Å²) in [5.74, 6) is 2.19. The molecule has 0 saturated heterocycles. The highest BCUT2D eigenvalue weighted by Crippen LogP contribution is 2.43. The van der Waals surface area contributed by atoms with Crippen molar-refractivity contribution < 1.29 is 0 Å². The molecule has 1 aromatic rings. The van der Waals surface area contributed by atoms with Crippen molar-refractivity contribution in [3.63, 3.8) is 0 Å². The van der Waals surface area contributed by atoms with Gasteiger partial charge in [0.2, 0.25) is 0 Å². The van der Waals surface area contributed by atoms with Crippen molar-refractivity contribution in [1.82, 2.24) is 0 Å². The third-order valence-corrected chi connectivity index (χ3v) is 3.89. The van der Waals surface area contributed by atoms with Gasteiger partial charge in [-0.25, -0.2) is 0 Å². The summed E-state index contributed by atoms with van der Waals surface area (Å²) in [7, 11) is 0. The zero-order valence-corrected chi connectivity index (χ0v) is 11.2. The molecular formula is C15H21Cl. The fourth-order valence-electron chi connectivity index (χ4n) is 2.22. The molecule has 0 N–H and O–H groups in total. The van der Waals surface area contributed by atoms with Gasteiger partial charge in [0.05, 0.1) is 0 Å². The minimum absolute atomic E-state index is 0.245. The summed E-state index contributed by atoms with van der Waals surface area (Å²) < 4.78 is 0. The molecule has 1 unspecified atom stereocenters. The number of rotatable bonds is 3. The van der Waals surface area contributed by atoms with Gasteiger partial charge in [0.15, 0.2) is 0 Å². The third-order valence-electron chi connectivity index (χ3n) is 3.56. The molecule has 0 nitrogen and oxygen atoms in total. The van der Waals surface area contributed by atoms with Crippen molar-refractivity contribution in [1.29, 1.82) is 0 Å². The van der Waals surface area contributed by atoms with Crippen LogP contribution in [0.2, 0.25) is 0 Å². The highest BCUT2D eigenvalue weighted by molar-refractivity contribution is 6.18. The molecule has 1 aliphatic carbocycles. The van der Waals surface area contributed by atoms with Gasteiger partial charge < -0.3 is 0 Å². The Morgan fingerprint density at radius 1 is 1.19 bits per heavy atom. The van der Waals surface area contributed by atoms with Crippen LogP contribution >= 0.6 is 11.6 Å². The molecule has 0 bridgehead atoms. The van der Waals surface area contributed by atoms with E-state index in [2.05, 4.69) is 45.0 Å². The maximum Gasteiger partial charge on any atom is 0.0294 e. The van der Waals surface area contributed by atoms with Crippen molar-refractivity contribution in [2.75, 3.05) is 5.88 Å². The first-order chi connectivity index (χ1) is 7.52. The van der Waals surface area contributed by atoms with Crippen LogP contribution in [0.15, 0.2) is 24.3 Å². The van der Waals surface area contributed by atoms with E-state index in [9.17, 15) is 0 Å². The molecule has 1 fully saturated rings. The Labute approximate surface area is 104 Å². The molecule has 0 aliphatic heterocycles. The fraction of sp³-hybridized carbons (Fsp3) is 0.600. The number of hydrogen-bond acceptors (Lipinski definition) is 0. The van der Waals surface area contributed by atoms with Crippen LogP contribution in [0.5, 0.6) is 0 Å². The lowest BCUT2D eigenvalue weighted by Crippen LogP contribution is -2.11. The monoisotopic (exact) mass is 236 g/mol. The highest BCUT2D eigenvalue weighted by atomic mass is 35.5. The molecule has 0 radical (unpaired) electrons. The smallest absolute Gasteiger partial charge is 0.0294 e. The van der Waals surface area contributed by atoms with Gasteiger partial charge in [-0.05, 0) is 35.3 Å². The Hall–Kier alpha value is -0.490. The van der Waals surface area contributed by atoms with Gasteiger partial charge in [-0.3, -0.25) is 0 Å². The molecule has 1 atom stereocenters. The summed E-state index contributed by atoms with van der Waals surface area (Å²) in [6.07, 6.45) is 2.72. The number of alkyl halides is 1. The Morgan fingerprint density at radius 2 is 1.75 bits per heavy atom. The van der Waals surface area contributed by atoms with Gasteiger partial charge in [-0.1, -0.05) is 45.0 Å². The summed E-state index contributed by atoms with van der Waals surface area (Å²) >= 11 is 6.07. The molecule has 1 heteroatoms. The summed E-state index contributed by atoms with van der Waals surface area (Å²) in [5.41, 5.74) is 3.07. The summed E-state index contributed by atoms with van der Waals surface area (Å²) in [5, 5.41) is 0. The lowest BCUT2D eigenvalue weighted by Gasteiger charge is -2.20. The summed E-state index contributed by atoms with van der Waals surface area (Å²) in [6, 6.07) is 9.06. The molecule has 0 heterocycles. The van der Waals surface area contributed by atoms with Gasteiger partial charge >= 0.3 is 0 Å². The molecule has 0 spiro atoms. The van der Waals surface area contributed by atoms with Gasteiger partial charge in [-0.2, -0.15) is 0 Å². The lowest BCUT2D eigenvalue weighted by atomic mass is 9.85. The molecule has 16 heavy (non-hydrogen) atoms. The zero-order valence-electron chi connectivity index (χ0n) is 10.5. The first-order valence-electron chi connectivity index (χ1n) is 6.19. The number of hydrogen-bond donors (Lipinski definition) is 0. The average Bonchev–Trinajstić information content (AvgIpc) is 3.03. The second-order valence-corrected chi connectivity index (χ2v) is 6.28. The van der Waals surface area contributed by atoms with Gasteiger partial charge in [0.1, 0.15) is 0 Å². The Kier molecular flexibility index (Phi) is 3.30. The molecule has 2 rings (SSSR count). The van der Waals surface area contributed by atoms with E-state index in [1.54, 1.807) is 0 Å². The van der Waals surface area contributed by atoms with Crippen LogP contribution < -0.4 is 0 Å². The van der Waals surface area contributed by atoms with E-state index in [1.807, 2.05) is 0 Å². The molecule has 88 valence electrons. The molecule has 1 aromatic carbocycles. The highest BCUT2D eigenvalue weighted by Gasteiger charge is 2.31. The molecular weight excluding hydrogens is 216 g/mol.